The zero-order chi connectivity index (χ0) is 11.6. The summed E-state index contributed by atoms with van der Waals surface area (Å²) in [7, 11) is 0. The van der Waals surface area contributed by atoms with Gasteiger partial charge < -0.3 is 0 Å². The molecule has 1 atom stereocenters. The number of allylic oxidation sites excluding steroid dienone is 3. The molecule has 0 N–H and O–H groups in total. The predicted molar refractivity (Wildman–Crippen MR) is 55.5 cm³/mol. The lowest BCUT2D eigenvalue weighted by molar-refractivity contribution is -0.167. The smallest absolute Gasteiger partial charge is 0.170 e. The highest BCUT2D eigenvalue weighted by Crippen LogP contribution is 2.42. The van der Waals surface area contributed by atoms with Crippen LogP contribution in [0.3, 0.4) is 0 Å². The Hall–Kier alpha value is -0.730. The summed E-state index contributed by atoms with van der Waals surface area (Å²) in [5.41, 5.74) is 2.20. The first kappa shape index (κ1) is 12.3. The molecule has 0 fully saturated rings. The lowest BCUT2D eigenvalue weighted by Crippen LogP contribution is -2.27. The van der Waals surface area contributed by atoms with Crippen molar-refractivity contribution in [3.05, 3.63) is 23.3 Å². The van der Waals surface area contributed by atoms with E-state index in [-0.39, 0.29) is 6.42 Å². The van der Waals surface area contributed by atoms with Gasteiger partial charge in [-0.3, -0.25) is 0 Å². The molecule has 0 nitrogen and oxygen atoms in total. The third-order valence-electron chi connectivity index (χ3n) is 3.17. The number of rotatable bonds is 2. The fourth-order valence-electron chi connectivity index (χ4n) is 2.19. The summed E-state index contributed by atoms with van der Waals surface area (Å²) < 4.78 is 38.0. The molecule has 0 aromatic carbocycles. The van der Waals surface area contributed by atoms with Gasteiger partial charge in [-0.05, 0) is 38.2 Å². The fourth-order valence-corrected chi connectivity index (χ4v) is 2.19. The van der Waals surface area contributed by atoms with Gasteiger partial charge in [-0.15, -0.1) is 0 Å². The van der Waals surface area contributed by atoms with Gasteiger partial charge >= 0.3 is 6.18 Å². The van der Waals surface area contributed by atoms with Crippen molar-refractivity contribution >= 4 is 0 Å². The van der Waals surface area contributed by atoms with Crippen molar-refractivity contribution in [3.8, 4) is 0 Å². The van der Waals surface area contributed by atoms with Gasteiger partial charge in [-0.1, -0.05) is 24.6 Å². The third kappa shape index (κ3) is 2.64. The van der Waals surface area contributed by atoms with Gasteiger partial charge in [-0.2, -0.15) is 13.2 Å². The standard InChI is InChI=1S/C12H17F3/c1-4-8(2)10-6-5-7-11(9(10)3)12(13,14)15/h11H,2,4-7H2,1,3H3. The summed E-state index contributed by atoms with van der Waals surface area (Å²) in [4.78, 5) is 0. The Kier molecular flexibility index (Phi) is 3.63. The molecule has 0 amide bonds. The fraction of sp³-hybridized carbons (Fsp3) is 0.667. The third-order valence-corrected chi connectivity index (χ3v) is 3.17. The molecule has 0 bridgehead atoms. The molecule has 0 spiro atoms. The normalized spacial score (nSPS) is 23.1. The molecule has 0 radical (unpaired) electrons. The van der Waals surface area contributed by atoms with Crippen molar-refractivity contribution in [1.29, 1.82) is 0 Å². The van der Waals surface area contributed by atoms with E-state index in [1.807, 2.05) is 6.92 Å². The molecule has 0 aliphatic heterocycles. The average Bonchev–Trinajstić information content (AvgIpc) is 2.15. The van der Waals surface area contributed by atoms with Crippen LogP contribution in [0.2, 0.25) is 0 Å². The van der Waals surface area contributed by atoms with Crippen LogP contribution in [0.4, 0.5) is 13.2 Å². The quantitative estimate of drug-likeness (QED) is 0.633. The minimum atomic E-state index is -4.09. The maximum atomic E-state index is 12.7. The van der Waals surface area contributed by atoms with Gasteiger partial charge in [-0.25, -0.2) is 0 Å². The van der Waals surface area contributed by atoms with Crippen LogP contribution in [0.5, 0.6) is 0 Å². The summed E-state index contributed by atoms with van der Waals surface area (Å²) in [5, 5.41) is 0. The van der Waals surface area contributed by atoms with E-state index >= 15 is 0 Å². The second-order valence-electron chi connectivity index (χ2n) is 4.11. The molecule has 0 saturated carbocycles. The Balaban J connectivity index is 3.00. The lowest BCUT2D eigenvalue weighted by Gasteiger charge is -2.29. The second kappa shape index (κ2) is 4.42. The molecule has 0 aromatic heterocycles. The summed E-state index contributed by atoms with van der Waals surface area (Å²) in [6, 6.07) is 0. The van der Waals surface area contributed by atoms with Crippen LogP contribution in [0.1, 0.15) is 39.5 Å². The van der Waals surface area contributed by atoms with Crippen molar-refractivity contribution in [1.82, 2.24) is 0 Å². The highest BCUT2D eigenvalue weighted by atomic mass is 19.4. The lowest BCUT2D eigenvalue weighted by atomic mass is 9.80. The summed E-state index contributed by atoms with van der Waals surface area (Å²) in [6.45, 7) is 7.37. The van der Waals surface area contributed by atoms with Crippen LogP contribution in [0.15, 0.2) is 23.3 Å². The number of hydrogen-bond donors (Lipinski definition) is 0. The first-order valence-electron chi connectivity index (χ1n) is 5.32. The van der Waals surface area contributed by atoms with E-state index in [4.69, 9.17) is 0 Å². The molecule has 0 aromatic rings. The van der Waals surface area contributed by atoms with E-state index < -0.39 is 12.1 Å². The van der Waals surface area contributed by atoms with Crippen molar-refractivity contribution in [3.63, 3.8) is 0 Å². The Morgan fingerprint density at radius 1 is 1.47 bits per heavy atom. The van der Waals surface area contributed by atoms with Gasteiger partial charge in [0.1, 0.15) is 0 Å². The maximum Gasteiger partial charge on any atom is 0.395 e. The van der Waals surface area contributed by atoms with E-state index in [9.17, 15) is 13.2 Å². The molecular weight excluding hydrogens is 201 g/mol. The van der Waals surface area contributed by atoms with Crippen molar-refractivity contribution in [2.75, 3.05) is 0 Å². The van der Waals surface area contributed by atoms with Crippen LogP contribution < -0.4 is 0 Å². The zero-order valence-corrected chi connectivity index (χ0v) is 9.25. The molecular formula is C12H17F3. The highest BCUT2D eigenvalue weighted by Gasteiger charge is 2.42. The van der Waals surface area contributed by atoms with Gasteiger partial charge in [0.2, 0.25) is 0 Å². The molecule has 0 saturated heterocycles. The molecule has 15 heavy (non-hydrogen) atoms. The van der Waals surface area contributed by atoms with E-state index in [0.717, 1.165) is 24.0 Å². The van der Waals surface area contributed by atoms with E-state index in [0.29, 0.717) is 12.0 Å². The molecule has 1 unspecified atom stereocenters. The Bertz CT molecular complexity index is 284. The van der Waals surface area contributed by atoms with Gasteiger partial charge in [0.05, 0.1) is 5.92 Å². The first-order valence-corrected chi connectivity index (χ1v) is 5.32. The van der Waals surface area contributed by atoms with Crippen LogP contribution in [-0.2, 0) is 0 Å². The van der Waals surface area contributed by atoms with Crippen molar-refractivity contribution < 1.29 is 13.2 Å². The minimum absolute atomic E-state index is 0.232. The zero-order valence-electron chi connectivity index (χ0n) is 9.25. The predicted octanol–water partition coefficient (Wildman–Crippen LogP) is 4.63. The van der Waals surface area contributed by atoms with Crippen molar-refractivity contribution in [2.45, 2.75) is 45.7 Å². The molecule has 1 aliphatic rings. The Morgan fingerprint density at radius 2 is 2.07 bits per heavy atom. The van der Waals surface area contributed by atoms with Crippen molar-refractivity contribution in [2.24, 2.45) is 5.92 Å². The van der Waals surface area contributed by atoms with Crippen LogP contribution >= 0.6 is 0 Å². The first-order chi connectivity index (χ1) is 6.88. The van der Waals surface area contributed by atoms with E-state index in [2.05, 4.69) is 6.58 Å². The second-order valence-corrected chi connectivity index (χ2v) is 4.11. The highest BCUT2D eigenvalue weighted by molar-refractivity contribution is 5.35. The van der Waals surface area contributed by atoms with Crippen LogP contribution in [-0.4, -0.2) is 6.18 Å². The Morgan fingerprint density at radius 3 is 2.53 bits per heavy atom. The topological polar surface area (TPSA) is 0 Å². The van der Waals surface area contributed by atoms with Gasteiger partial charge in [0, 0.05) is 0 Å². The Labute approximate surface area is 88.9 Å². The molecule has 3 heteroatoms. The number of halogens is 3. The van der Waals surface area contributed by atoms with Gasteiger partial charge in [0.25, 0.3) is 0 Å². The minimum Gasteiger partial charge on any atom is -0.170 e. The molecule has 0 heterocycles. The number of hydrogen-bond acceptors (Lipinski definition) is 0. The van der Waals surface area contributed by atoms with Crippen LogP contribution in [0, 0.1) is 5.92 Å². The monoisotopic (exact) mass is 218 g/mol. The molecule has 86 valence electrons. The largest absolute Gasteiger partial charge is 0.395 e. The van der Waals surface area contributed by atoms with E-state index in [1.165, 1.54) is 0 Å². The number of alkyl halides is 3. The van der Waals surface area contributed by atoms with E-state index in [1.54, 1.807) is 6.92 Å². The molecule has 1 rings (SSSR count). The van der Waals surface area contributed by atoms with Crippen LogP contribution in [0.25, 0.3) is 0 Å². The molecule has 1 aliphatic carbocycles. The van der Waals surface area contributed by atoms with Gasteiger partial charge in [0.15, 0.2) is 0 Å². The summed E-state index contributed by atoms with van der Waals surface area (Å²) in [6.07, 6.45) is -1.75. The summed E-state index contributed by atoms with van der Waals surface area (Å²) in [5.74, 6) is -1.25. The maximum absolute atomic E-state index is 12.7. The summed E-state index contributed by atoms with van der Waals surface area (Å²) >= 11 is 0. The SMILES string of the molecule is C=C(CC)C1=C(C)C(C(F)(F)F)CCC1. The average molecular weight is 218 g/mol.